The first-order chi connectivity index (χ1) is 10.2. The highest BCUT2D eigenvalue weighted by Crippen LogP contribution is 2.27. The van der Waals surface area contributed by atoms with Gasteiger partial charge in [0.25, 0.3) is 0 Å². The van der Waals surface area contributed by atoms with Crippen molar-refractivity contribution in [3.8, 4) is 11.4 Å². The molecule has 2 aromatic carbocycles. The predicted molar refractivity (Wildman–Crippen MR) is 88.6 cm³/mol. The minimum absolute atomic E-state index is 0.771. The molecule has 1 heterocycles. The Kier molecular flexibility index (Phi) is 3.57. The Morgan fingerprint density at radius 1 is 1.00 bits per heavy atom. The van der Waals surface area contributed by atoms with Crippen molar-refractivity contribution in [2.24, 2.45) is 0 Å². The first-order valence-electron chi connectivity index (χ1n) is 7.27. The van der Waals surface area contributed by atoms with Gasteiger partial charge in [0.15, 0.2) is 5.82 Å². The quantitative estimate of drug-likeness (QED) is 0.773. The van der Waals surface area contributed by atoms with Crippen LogP contribution in [0.25, 0.3) is 22.3 Å². The van der Waals surface area contributed by atoms with E-state index in [2.05, 4.69) is 50.4 Å². The second kappa shape index (κ2) is 5.52. The molecule has 0 saturated carbocycles. The first kappa shape index (κ1) is 13.6. The van der Waals surface area contributed by atoms with Gasteiger partial charge in [-0.15, -0.1) is 0 Å². The number of benzene rings is 2. The van der Waals surface area contributed by atoms with Crippen molar-refractivity contribution in [3.05, 3.63) is 53.6 Å². The minimum Gasteiger partial charge on any atom is -0.370 e. The minimum atomic E-state index is 0.771. The Balaban J connectivity index is 2.26. The number of aryl methyl sites for hydroxylation is 2. The highest BCUT2D eigenvalue weighted by molar-refractivity contribution is 5.93. The summed E-state index contributed by atoms with van der Waals surface area (Å²) in [6, 6.07) is 14.5. The van der Waals surface area contributed by atoms with Crippen molar-refractivity contribution in [3.63, 3.8) is 0 Å². The lowest BCUT2D eigenvalue weighted by atomic mass is 10.1. The van der Waals surface area contributed by atoms with Gasteiger partial charge in [0, 0.05) is 17.5 Å². The molecule has 106 valence electrons. The Hall–Kier alpha value is -2.42. The molecule has 21 heavy (non-hydrogen) atoms. The summed E-state index contributed by atoms with van der Waals surface area (Å²) in [6.07, 6.45) is 0. The number of hydrogen-bond donors (Lipinski definition) is 1. The van der Waals surface area contributed by atoms with E-state index >= 15 is 0 Å². The second-order valence-electron chi connectivity index (χ2n) is 5.26. The van der Waals surface area contributed by atoms with Gasteiger partial charge in [0.05, 0.1) is 5.52 Å². The van der Waals surface area contributed by atoms with E-state index in [9.17, 15) is 0 Å². The van der Waals surface area contributed by atoms with Gasteiger partial charge in [0.2, 0.25) is 0 Å². The lowest BCUT2D eigenvalue weighted by molar-refractivity contribution is 1.14. The molecule has 0 aliphatic rings. The number of nitrogens with zero attached hydrogens (tertiary/aromatic N) is 2. The van der Waals surface area contributed by atoms with E-state index in [0.29, 0.717) is 0 Å². The third-order valence-corrected chi connectivity index (χ3v) is 3.55. The number of hydrogen-bond acceptors (Lipinski definition) is 3. The summed E-state index contributed by atoms with van der Waals surface area (Å²) in [4.78, 5) is 9.48. The maximum atomic E-state index is 4.74. The van der Waals surface area contributed by atoms with E-state index in [0.717, 1.165) is 34.7 Å². The third kappa shape index (κ3) is 2.59. The van der Waals surface area contributed by atoms with Gasteiger partial charge < -0.3 is 5.32 Å². The maximum absolute atomic E-state index is 4.74. The van der Waals surface area contributed by atoms with Gasteiger partial charge in [-0.05, 0) is 38.5 Å². The number of nitrogens with one attached hydrogen (secondary N) is 1. The van der Waals surface area contributed by atoms with Crippen LogP contribution >= 0.6 is 0 Å². The average Bonchev–Trinajstić information content (AvgIpc) is 2.47. The number of anilines is 1. The maximum Gasteiger partial charge on any atom is 0.162 e. The van der Waals surface area contributed by atoms with Crippen LogP contribution < -0.4 is 5.32 Å². The SMILES string of the molecule is CCNc1nc(-c2cccc(C)c2)nc2cccc(C)c12. The van der Waals surface area contributed by atoms with Crippen molar-refractivity contribution in [1.82, 2.24) is 9.97 Å². The Bertz CT molecular complexity index is 794. The van der Waals surface area contributed by atoms with E-state index in [-0.39, 0.29) is 0 Å². The van der Waals surface area contributed by atoms with Gasteiger partial charge in [0.1, 0.15) is 5.82 Å². The van der Waals surface area contributed by atoms with E-state index < -0.39 is 0 Å². The molecule has 3 nitrogen and oxygen atoms in total. The first-order valence-corrected chi connectivity index (χ1v) is 7.27. The molecule has 0 amide bonds. The number of fused-ring (bicyclic) bond motifs is 1. The topological polar surface area (TPSA) is 37.8 Å². The molecule has 3 aromatic rings. The summed E-state index contributed by atoms with van der Waals surface area (Å²) in [5.41, 5.74) is 4.44. The zero-order chi connectivity index (χ0) is 14.8. The van der Waals surface area contributed by atoms with Crippen LogP contribution in [0.15, 0.2) is 42.5 Å². The van der Waals surface area contributed by atoms with Crippen LogP contribution in [0.2, 0.25) is 0 Å². The molecule has 3 rings (SSSR count). The van der Waals surface area contributed by atoms with Gasteiger partial charge in [-0.2, -0.15) is 0 Å². The zero-order valence-electron chi connectivity index (χ0n) is 12.6. The summed E-state index contributed by atoms with van der Waals surface area (Å²) < 4.78 is 0. The van der Waals surface area contributed by atoms with E-state index in [1.165, 1.54) is 11.1 Å². The van der Waals surface area contributed by atoms with Crippen molar-refractivity contribution in [1.29, 1.82) is 0 Å². The third-order valence-electron chi connectivity index (χ3n) is 3.55. The molecule has 0 fully saturated rings. The smallest absolute Gasteiger partial charge is 0.162 e. The Morgan fingerprint density at radius 2 is 1.81 bits per heavy atom. The summed E-state index contributed by atoms with van der Waals surface area (Å²) in [5.74, 6) is 1.69. The van der Waals surface area contributed by atoms with Crippen LogP contribution in [0.1, 0.15) is 18.1 Å². The second-order valence-corrected chi connectivity index (χ2v) is 5.26. The fourth-order valence-corrected chi connectivity index (χ4v) is 2.56. The molecule has 0 atom stereocenters. The Labute approximate surface area is 125 Å². The van der Waals surface area contributed by atoms with Crippen LogP contribution in [0.4, 0.5) is 5.82 Å². The highest BCUT2D eigenvalue weighted by atomic mass is 15.0. The van der Waals surface area contributed by atoms with Crippen molar-refractivity contribution in [2.75, 3.05) is 11.9 Å². The molecular formula is C18H19N3. The van der Waals surface area contributed by atoms with E-state index in [1.807, 2.05) is 18.2 Å². The van der Waals surface area contributed by atoms with Crippen LogP contribution in [-0.4, -0.2) is 16.5 Å². The Morgan fingerprint density at radius 3 is 2.57 bits per heavy atom. The molecule has 0 radical (unpaired) electrons. The molecule has 0 aliphatic heterocycles. The van der Waals surface area contributed by atoms with Gasteiger partial charge in [-0.3, -0.25) is 0 Å². The average molecular weight is 277 g/mol. The van der Waals surface area contributed by atoms with Crippen molar-refractivity contribution >= 4 is 16.7 Å². The summed E-state index contributed by atoms with van der Waals surface area (Å²) in [6.45, 7) is 7.10. The molecule has 0 aliphatic carbocycles. The van der Waals surface area contributed by atoms with E-state index in [4.69, 9.17) is 9.97 Å². The molecule has 0 unspecified atom stereocenters. The van der Waals surface area contributed by atoms with Crippen LogP contribution in [-0.2, 0) is 0 Å². The summed E-state index contributed by atoms with van der Waals surface area (Å²) in [5, 5.41) is 4.47. The lowest BCUT2D eigenvalue weighted by Gasteiger charge is -2.11. The highest BCUT2D eigenvalue weighted by Gasteiger charge is 2.10. The van der Waals surface area contributed by atoms with Crippen LogP contribution in [0.3, 0.4) is 0 Å². The van der Waals surface area contributed by atoms with Gasteiger partial charge >= 0.3 is 0 Å². The lowest BCUT2D eigenvalue weighted by Crippen LogP contribution is -2.03. The molecule has 0 bridgehead atoms. The normalized spacial score (nSPS) is 10.8. The molecule has 1 aromatic heterocycles. The van der Waals surface area contributed by atoms with Gasteiger partial charge in [-0.25, -0.2) is 9.97 Å². The standard InChI is InChI=1S/C18H19N3/c1-4-19-18-16-13(3)8-6-10-15(16)20-17(21-18)14-9-5-7-12(2)11-14/h5-11H,4H2,1-3H3,(H,19,20,21). The zero-order valence-corrected chi connectivity index (χ0v) is 12.6. The fourth-order valence-electron chi connectivity index (χ4n) is 2.56. The number of aromatic nitrogens is 2. The van der Waals surface area contributed by atoms with E-state index in [1.54, 1.807) is 0 Å². The van der Waals surface area contributed by atoms with Crippen molar-refractivity contribution < 1.29 is 0 Å². The monoisotopic (exact) mass is 277 g/mol. The summed E-state index contributed by atoms with van der Waals surface area (Å²) in [7, 11) is 0. The molecule has 0 saturated heterocycles. The molecule has 3 heteroatoms. The summed E-state index contributed by atoms with van der Waals surface area (Å²) >= 11 is 0. The molecular weight excluding hydrogens is 258 g/mol. The predicted octanol–water partition coefficient (Wildman–Crippen LogP) is 4.35. The van der Waals surface area contributed by atoms with Crippen LogP contribution in [0, 0.1) is 13.8 Å². The largest absolute Gasteiger partial charge is 0.370 e. The molecule has 0 spiro atoms. The number of rotatable bonds is 3. The van der Waals surface area contributed by atoms with Crippen LogP contribution in [0.5, 0.6) is 0 Å². The van der Waals surface area contributed by atoms with Gasteiger partial charge in [-0.1, -0.05) is 35.9 Å². The fraction of sp³-hybridized carbons (Fsp3) is 0.222. The molecule has 1 N–H and O–H groups in total. The van der Waals surface area contributed by atoms with Crippen molar-refractivity contribution in [2.45, 2.75) is 20.8 Å².